The van der Waals surface area contributed by atoms with Gasteiger partial charge in [-0.2, -0.15) is 0 Å². The van der Waals surface area contributed by atoms with Crippen molar-refractivity contribution in [3.05, 3.63) is 59.9 Å². The monoisotopic (exact) mass is 499 g/mol. The van der Waals surface area contributed by atoms with Crippen molar-refractivity contribution in [1.82, 2.24) is 15.2 Å². The molecular weight excluding hydrogens is 466 g/mol. The number of rotatable bonds is 6. The van der Waals surface area contributed by atoms with Gasteiger partial charge in [0.2, 0.25) is 11.8 Å². The lowest BCUT2D eigenvalue weighted by molar-refractivity contribution is -0.132. The lowest BCUT2D eigenvalue weighted by atomic mass is 9.89. The van der Waals surface area contributed by atoms with Crippen LogP contribution < -0.4 is 15.8 Å². The van der Waals surface area contributed by atoms with Gasteiger partial charge in [0.1, 0.15) is 16.9 Å². The number of pyridine rings is 1. The number of fused-ring (bicyclic) bond motifs is 1. The van der Waals surface area contributed by atoms with Crippen molar-refractivity contribution in [1.29, 1.82) is 0 Å². The van der Waals surface area contributed by atoms with E-state index < -0.39 is 17.2 Å². The minimum Gasteiger partial charge on any atom is -0.487 e. The van der Waals surface area contributed by atoms with Crippen LogP contribution in [0.1, 0.15) is 69.7 Å². The second kappa shape index (κ2) is 9.22. The van der Waals surface area contributed by atoms with Crippen LogP contribution in [0.2, 0.25) is 0 Å². The van der Waals surface area contributed by atoms with Gasteiger partial charge < -0.3 is 15.8 Å². The molecule has 1 saturated carbocycles. The zero-order chi connectivity index (χ0) is 26.4. The van der Waals surface area contributed by atoms with Gasteiger partial charge in [-0.05, 0) is 50.3 Å². The molecule has 1 fully saturated rings. The molecule has 3 aliphatic rings. The maximum atomic E-state index is 13.5. The predicted octanol–water partition coefficient (Wildman–Crippen LogP) is 3.51. The first-order valence-electron chi connectivity index (χ1n) is 12.8. The van der Waals surface area contributed by atoms with Gasteiger partial charge in [-0.15, -0.1) is 6.42 Å². The molecule has 8 nitrogen and oxygen atoms in total. The van der Waals surface area contributed by atoms with Gasteiger partial charge >= 0.3 is 0 Å². The van der Waals surface area contributed by atoms with E-state index in [0.717, 1.165) is 16.9 Å². The number of para-hydroxylation sites is 1. The molecule has 2 unspecified atom stereocenters. The average Bonchev–Trinajstić information content (AvgIpc) is 3.66. The number of nitrogens with zero attached hydrogens (tertiary/aromatic N) is 3. The quantitative estimate of drug-likeness (QED) is 0.591. The van der Waals surface area contributed by atoms with Gasteiger partial charge in [-0.3, -0.25) is 19.5 Å². The highest BCUT2D eigenvalue weighted by atomic mass is 16.5. The Morgan fingerprint density at radius 2 is 2.11 bits per heavy atom. The Hall–Kier alpha value is -3.86. The summed E-state index contributed by atoms with van der Waals surface area (Å²) in [6.07, 6.45) is 11.0. The van der Waals surface area contributed by atoms with E-state index in [4.69, 9.17) is 16.9 Å². The van der Waals surface area contributed by atoms with Crippen molar-refractivity contribution in [2.45, 2.75) is 69.7 Å². The second-order valence-corrected chi connectivity index (χ2v) is 10.8. The SMILES string of the molecule is C#C[C@@]1(CC)CC(=O)N([C@H](c2cccnc2)C2CC2C(=O)N[C@H]2CC(C)(C)Oc3ccccc32)C(N)=N1. The number of guanidine groups is 1. The first-order valence-corrected chi connectivity index (χ1v) is 12.8. The Labute approximate surface area is 217 Å². The molecule has 3 N–H and O–H groups in total. The summed E-state index contributed by atoms with van der Waals surface area (Å²) in [6, 6.07) is 10.9. The lowest BCUT2D eigenvalue weighted by Gasteiger charge is -2.39. The van der Waals surface area contributed by atoms with Crippen molar-refractivity contribution in [3.8, 4) is 18.1 Å². The number of amides is 2. The van der Waals surface area contributed by atoms with Crippen molar-refractivity contribution >= 4 is 17.8 Å². The summed E-state index contributed by atoms with van der Waals surface area (Å²) in [7, 11) is 0. The van der Waals surface area contributed by atoms with Crippen LogP contribution in [0.3, 0.4) is 0 Å². The van der Waals surface area contributed by atoms with E-state index in [2.05, 4.69) is 21.2 Å². The van der Waals surface area contributed by atoms with E-state index in [1.807, 2.05) is 57.2 Å². The topological polar surface area (TPSA) is 110 Å². The molecule has 1 aliphatic carbocycles. The highest BCUT2D eigenvalue weighted by Gasteiger charge is 2.54. The fraction of sp³-hybridized carbons (Fsp3) is 0.448. The lowest BCUT2D eigenvalue weighted by Crippen LogP contribution is -2.53. The van der Waals surface area contributed by atoms with Crippen molar-refractivity contribution in [2.75, 3.05) is 0 Å². The molecule has 192 valence electrons. The summed E-state index contributed by atoms with van der Waals surface area (Å²) in [6.45, 7) is 5.95. The molecule has 2 amide bonds. The molecule has 1 aromatic heterocycles. The maximum Gasteiger partial charge on any atom is 0.233 e. The standard InChI is InChI=1S/C29H33N5O3/c1-5-29(6-2)16-24(35)34(27(30)33-29)25(18-10-9-13-31-17-18)20-14-21(20)26(36)32-22-15-28(3,4)37-23-12-8-7-11-19(22)23/h1,7-13,17,20-22,25H,6,14-16H2,2-4H3,(H2,30,33)(H,32,36)/t20?,21?,22-,25+,29+/m0/s1. The molecule has 37 heavy (non-hydrogen) atoms. The second-order valence-electron chi connectivity index (χ2n) is 10.8. The smallest absolute Gasteiger partial charge is 0.233 e. The number of nitrogens with one attached hydrogen (secondary N) is 1. The zero-order valence-corrected chi connectivity index (χ0v) is 21.5. The van der Waals surface area contributed by atoms with Crippen LogP contribution in [0.5, 0.6) is 5.75 Å². The van der Waals surface area contributed by atoms with Crippen LogP contribution in [0.25, 0.3) is 0 Å². The van der Waals surface area contributed by atoms with Crippen LogP contribution in [-0.2, 0) is 9.59 Å². The normalized spacial score (nSPS) is 28.7. The number of aromatic nitrogens is 1. The molecule has 1 aromatic carbocycles. The van der Waals surface area contributed by atoms with E-state index in [1.165, 1.54) is 4.90 Å². The van der Waals surface area contributed by atoms with Gasteiger partial charge in [-0.25, -0.2) is 4.99 Å². The van der Waals surface area contributed by atoms with Gasteiger partial charge in [0, 0.05) is 30.3 Å². The summed E-state index contributed by atoms with van der Waals surface area (Å²) in [5.74, 6) is 2.93. The molecule has 2 aliphatic heterocycles. The molecule has 2 aromatic rings. The van der Waals surface area contributed by atoms with E-state index in [1.54, 1.807) is 12.4 Å². The fourth-order valence-electron chi connectivity index (χ4n) is 5.68. The van der Waals surface area contributed by atoms with Crippen LogP contribution in [0.4, 0.5) is 0 Å². The number of benzene rings is 1. The first-order chi connectivity index (χ1) is 17.7. The third-order valence-electron chi connectivity index (χ3n) is 7.72. The van der Waals surface area contributed by atoms with Gasteiger partial charge in [0.25, 0.3) is 0 Å². The van der Waals surface area contributed by atoms with Gasteiger partial charge in [-0.1, -0.05) is 37.1 Å². The summed E-state index contributed by atoms with van der Waals surface area (Å²) in [5, 5.41) is 3.26. The Bertz CT molecular complexity index is 1280. The van der Waals surface area contributed by atoms with Crippen LogP contribution in [-0.4, -0.2) is 38.8 Å². The highest BCUT2D eigenvalue weighted by molar-refractivity contribution is 6.00. The number of hydrogen-bond donors (Lipinski definition) is 2. The number of carbonyl (C=O) groups excluding carboxylic acids is 2. The highest BCUT2D eigenvalue weighted by Crippen LogP contribution is 2.51. The van der Waals surface area contributed by atoms with Gasteiger partial charge in [0.05, 0.1) is 18.5 Å². The van der Waals surface area contributed by atoms with E-state index >= 15 is 0 Å². The molecule has 8 heteroatoms. The largest absolute Gasteiger partial charge is 0.487 e. The van der Waals surface area contributed by atoms with Crippen LogP contribution in [0.15, 0.2) is 53.8 Å². The number of aliphatic imine (C=N–C) groups is 1. The number of nitrogens with two attached hydrogens (primary N) is 1. The molecule has 5 atom stereocenters. The average molecular weight is 500 g/mol. The number of terminal acetylenes is 1. The van der Waals surface area contributed by atoms with Crippen molar-refractivity contribution in [3.63, 3.8) is 0 Å². The molecule has 0 spiro atoms. The fourth-order valence-corrected chi connectivity index (χ4v) is 5.68. The Balaban J connectivity index is 1.40. The van der Waals surface area contributed by atoms with E-state index in [0.29, 0.717) is 19.3 Å². The molecular formula is C29H33N5O3. The Morgan fingerprint density at radius 3 is 2.78 bits per heavy atom. The Kier molecular flexibility index (Phi) is 6.18. The Morgan fingerprint density at radius 1 is 1.32 bits per heavy atom. The number of ether oxygens (including phenoxy) is 1. The van der Waals surface area contributed by atoms with E-state index in [-0.39, 0.29) is 42.1 Å². The summed E-state index contributed by atoms with van der Waals surface area (Å²) in [4.78, 5) is 37.3. The van der Waals surface area contributed by atoms with Gasteiger partial charge in [0.15, 0.2) is 5.96 Å². The zero-order valence-electron chi connectivity index (χ0n) is 21.5. The van der Waals surface area contributed by atoms with E-state index in [9.17, 15) is 9.59 Å². The van der Waals surface area contributed by atoms with Crippen LogP contribution in [0, 0.1) is 24.2 Å². The van der Waals surface area contributed by atoms with Crippen molar-refractivity contribution in [2.24, 2.45) is 22.6 Å². The third-order valence-corrected chi connectivity index (χ3v) is 7.72. The van der Waals surface area contributed by atoms with Crippen LogP contribution >= 0.6 is 0 Å². The molecule has 3 heterocycles. The third kappa shape index (κ3) is 4.66. The molecule has 0 radical (unpaired) electrons. The number of hydrogen-bond acceptors (Lipinski definition) is 6. The number of carbonyl (C=O) groups is 2. The first kappa shape index (κ1) is 24.8. The maximum absolute atomic E-state index is 13.5. The predicted molar refractivity (Wildman–Crippen MR) is 140 cm³/mol. The van der Waals surface area contributed by atoms with Crippen molar-refractivity contribution < 1.29 is 14.3 Å². The minimum absolute atomic E-state index is 0.0390. The summed E-state index contributed by atoms with van der Waals surface area (Å²) < 4.78 is 6.12. The molecule has 0 saturated heterocycles. The molecule has 5 rings (SSSR count). The summed E-state index contributed by atoms with van der Waals surface area (Å²) in [5.41, 5.74) is 6.84. The summed E-state index contributed by atoms with van der Waals surface area (Å²) >= 11 is 0. The minimum atomic E-state index is -0.930. The molecule has 0 bridgehead atoms.